The third-order valence-electron chi connectivity index (χ3n) is 3.71. The van der Waals surface area contributed by atoms with Gasteiger partial charge in [-0.05, 0) is 36.4 Å². The molecular weight excluding hydrogens is 404 g/mol. The molecule has 0 aliphatic carbocycles. The van der Waals surface area contributed by atoms with Gasteiger partial charge in [-0.1, -0.05) is 23.2 Å². The lowest BCUT2D eigenvalue weighted by Crippen LogP contribution is -2.16. The molecule has 0 spiro atoms. The Bertz CT molecular complexity index is 1140. The van der Waals surface area contributed by atoms with Crippen LogP contribution in [0.2, 0.25) is 10.0 Å². The van der Waals surface area contributed by atoms with Crippen LogP contribution in [0.5, 0.6) is 5.75 Å². The van der Waals surface area contributed by atoms with Crippen LogP contribution < -0.4 is 10.1 Å². The van der Waals surface area contributed by atoms with Gasteiger partial charge in [-0.3, -0.25) is 4.40 Å². The van der Waals surface area contributed by atoms with Crippen LogP contribution in [-0.2, 0) is 0 Å². The number of aromatic nitrogens is 3. The van der Waals surface area contributed by atoms with E-state index in [-0.39, 0.29) is 5.75 Å². The van der Waals surface area contributed by atoms with Gasteiger partial charge in [0.1, 0.15) is 5.75 Å². The predicted molar refractivity (Wildman–Crippen MR) is 96.9 cm³/mol. The third-order valence-corrected chi connectivity index (χ3v) is 4.43. The first kappa shape index (κ1) is 17.7. The van der Waals surface area contributed by atoms with Gasteiger partial charge in [-0.2, -0.15) is 0 Å². The van der Waals surface area contributed by atoms with Crippen LogP contribution in [0.25, 0.3) is 16.7 Å². The molecule has 2 heterocycles. The van der Waals surface area contributed by atoms with Gasteiger partial charge in [-0.15, -0.1) is 13.2 Å². The van der Waals surface area contributed by atoms with E-state index in [1.165, 1.54) is 24.3 Å². The van der Waals surface area contributed by atoms with Crippen molar-refractivity contribution in [2.45, 2.75) is 6.36 Å². The Kier molecular flexibility index (Phi) is 4.24. The summed E-state index contributed by atoms with van der Waals surface area (Å²) in [4.78, 5) is 8.78. The van der Waals surface area contributed by atoms with E-state index in [1.54, 1.807) is 28.9 Å². The molecule has 1 N–H and O–H groups in total. The minimum Gasteiger partial charge on any atom is -0.406 e. The van der Waals surface area contributed by atoms with Gasteiger partial charge < -0.3 is 10.1 Å². The Morgan fingerprint density at radius 2 is 1.74 bits per heavy atom. The average Bonchev–Trinajstić information content (AvgIpc) is 3.07. The number of hydrogen-bond acceptors (Lipinski definition) is 4. The second-order valence-corrected chi connectivity index (χ2v) is 6.35. The van der Waals surface area contributed by atoms with Crippen molar-refractivity contribution in [3.05, 3.63) is 58.8 Å². The highest BCUT2D eigenvalue weighted by molar-refractivity contribution is 6.42. The van der Waals surface area contributed by atoms with E-state index < -0.39 is 6.36 Å². The first-order valence-electron chi connectivity index (χ1n) is 7.55. The summed E-state index contributed by atoms with van der Waals surface area (Å²) in [7, 11) is 0. The summed E-state index contributed by atoms with van der Waals surface area (Å²) in [6.45, 7) is 0. The third kappa shape index (κ3) is 3.58. The zero-order chi connectivity index (χ0) is 19.2. The Hall–Kier alpha value is -2.71. The fourth-order valence-corrected chi connectivity index (χ4v) is 2.93. The molecule has 4 aromatic rings. The van der Waals surface area contributed by atoms with Crippen LogP contribution >= 0.6 is 23.2 Å². The van der Waals surface area contributed by atoms with E-state index in [0.717, 1.165) is 5.52 Å². The van der Waals surface area contributed by atoms with Crippen LogP contribution in [0.4, 0.5) is 24.7 Å². The number of imidazole rings is 1. The van der Waals surface area contributed by atoms with Crippen molar-refractivity contribution in [1.82, 2.24) is 14.4 Å². The molecule has 0 radical (unpaired) electrons. The number of benzene rings is 2. The van der Waals surface area contributed by atoms with Crippen LogP contribution in [0.15, 0.2) is 48.8 Å². The van der Waals surface area contributed by atoms with Crippen molar-refractivity contribution < 1.29 is 17.9 Å². The fourth-order valence-electron chi connectivity index (χ4n) is 2.61. The quantitative estimate of drug-likeness (QED) is 0.459. The molecular formula is C17H9Cl2F3N4O. The molecule has 0 aliphatic rings. The molecule has 2 aromatic carbocycles. The topological polar surface area (TPSA) is 51.5 Å². The van der Waals surface area contributed by atoms with Crippen LogP contribution in [-0.4, -0.2) is 20.7 Å². The molecule has 4 rings (SSSR count). The molecule has 2 aromatic heterocycles. The second-order valence-electron chi connectivity index (χ2n) is 5.53. The second kappa shape index (κ2) is 6.47. The normalized spacial score (nSPS) is 11.9. The largest absolute Gasteiger partial charge is 0.573 e. The van der Waals surface area contributed by atoms with Crippen molar-refractivity contribution in [3.8, 4) is 5.75 Å². The van der Waals surface area contributed by atoms with E-state index in [9.17, 15) is 13.2 Å². The van der Waals surface area contributed by atoms with Crippen LogP contribution in [0, 0.1) is 0 Å². The SMILES string of the molecule is FC(F)(F)Oc1ccc(Nc2nc3cc(Cl)c(Cl)cc3n3ccnc23)cc1. The zero-order valence-corrected chi connectivity index (χ0v) is 14.8. The Morgan fingerprint density at radius 1 is 1.04 bits per heavy atom. The van der Waals surface area contributed by atoms with Gasteiger partial charge in [0, 0.05) is 18.1 Å². The molecule has 0 saturated carbocycles. The summed E-state index contributed by atoms with van der Waals surface area (Å²) in [5, 5.41) is 3.79. The van der Waals surface area contributed by atoms with E-state index in [2.05, 4.69) is 20.0 Å². The average molecular weight is 413 g/mol. The number of halogens is 5. The number of nitrogens with zero attached hydrogens (tertiary/aromatic N) is 3. The summed E-state index contributed by atoms with van der Waals surface area (Å²) in [6.07, 6.45) is -1.39. The standard InChI is InChI=1S/C17H9Cl2F3N4O/c18-11-7-13-14(8-12(11)19)26-6-5-23-16(26)15(25-13)24-9-1-3-10(4-2-9)27-17(20,21)22/h1-8H,(H,24,25). The molecule has 0 saturated heterocycles. The summed E-state index contributed by atoms with van der Waals surface area (Å²) < 4.78 is 42.4. The molecule has 0 bridgehead atoms. The zero-order valence-electron chi connectivity index (χ0n) is 13.3. The molecule has 27 heavy (non-hydrogen) atoms. The Morgan fingerprint density at radius 3 is 2.44 bits per heavy atom. The first-order chi connectivity index (χ1) is 12.8. The van der Waals surface area contributed by atoms with E-state index in [0.29, 0.717) is 32.7 Å². The number of anilines is 2. The van der Waals surface area contributed by atoms with Crippen molar-refractivity contribution in [2.75, 3.05) is 5.32 Å². The number of fused-ring (bicyclic) bond motifs is 3. The molecule has 0 aliphatic heterocycles. The summed E-state index contributed by atoms with van der Waals surface area (Å²) >= 11 is 12.2. The van der Waals surface area contributed by atoms with E-state index in [1.807, 2.05) is 0 Å². The highest BCUT2D eigenvalue weighted by Crippen LogP contribution is 2.31. The highest BCUT2D eigenvalue weighted by Gasteiger charge is 2.30. The van der Waals surface area contributed by atoms with Crippen molar-refractivity contribution >= 4 is 51.4 Å². The molecule has 10 heteroatoms. The minimum atomic E-state index is -4.74. The Balaban J connectivity index is 1.73. The van der Waals surface area contributed by atoms with Crippen LogP contribution in [0.3, 0.4) is 0 Å². The minimum absolute atomic E-state index is 0.313. The number of alkyl halides is 3. The lowest BCUT2D eigenvalue weighted by atomic mass is 10.3. The van der Waals surface area contributed by atoms with Gasteiger partial charge in [0.2, 0.25) is 0 Å². The van der Waals surface area contributed by atoms with Crippen molar-refractivity contribution in [1.29, 1.82) is 0 Å². The lowest BCUT2D eigenvalue weighted by molar-refractivity contribution is -0.274. The van der Waals surface area contributed by atoms with Gasteiger partial charge >= 0.3 is 6.36 Å². The lowest BCUT2D eigenvalue weighted by Gasteiger charge is -2.12. The van der Waals surface area contributed by atoms with Gasteiger partial charge in [0.15, 0.2) is 11.5 Å². The molecule has 138 valence electrons. The monoisotopic (exact) mass is 412 g/mol. The maximum absolute atomic E-state index is 12.3. The predicted octanol–water partition coefficient (Wildman–Crippen LogP) is 5.83. The van der Waals surface area contributed by atoms with Gasteiger partial charge in [0.05, 0.1) is 21.1 Å². The Labute approximate surface area is 160 Å². The maximum atomic E-state index is 12.3. The van der Waals surface area contributed by atoms with E-state index in [4.69, 9.17) is 23.2 Å². The number of hydrogen-bond donors (Lipinski definition) is 1. The summed E-state index contributed by atoms with van der Waals surface area (Å²) in [6, 6.07) is 8.62. The van der Waals surface area contributed by atoms with Crippen molar-refractivity contribution in [2.24, 2.45) is 0 Å². The maximum Gasteiger partial charge on any atom is 0.573 e. The number of ether oxygens (including phenoxy) is 1. The summed E-state index contributed by atoms with van der Waals surface area (Å²) in [5.74, 6) is 0.0993. The van der Waals surface area contributed by atoms with Crippen molar-refractivity contribution in [3.63, 3.8) is 0 Å². The molecule has 5 nitrogen and oxygen atoms in total. The van der Waals surface area contributed by atoms with Gasteiger partial charge in [0.25, 0.3) is 0 Å². The molecule has 0 amide bonds. The highest BCUT2D eigenvalue weighted by atomic mass is 35.5. The molecule has 0 fully saturated rings. The molecule has 0 unspecified atom stereocenters. The molecule has 0 atom stereocenters. The van der Waals surface area contributed by atoms with Gasteiger partial charge in [-0.25, -0.2) is 9.97 Å². The fraction of sp³-hybridized carbons (Fsp3) is 0.0588. The summed E-state index contributed by atoms with van der Waals surface area (Å²) in [5.41, 5.74) is 2.34. The smallest absolute Gasteiger partial charge is 0.406 e. The van der Waals surface area contributed by atoms with E-state index >= 15 is 0 Å². The number of nitrogens with one attached hydrogen (secondary N) is 1. The van der Waals surface area contributed by atoms with Crippen LogP contribution in [0.1, 0.15) is 0 Å². The number of rotatable bonds is 3. The first-order valence-corrected chi connectivity index (χ1v) is 8.30.